The standard InChI is InChI=1S/C31H31NO7/c1-18(33)38-27(31(37)15-3-2-4-16-31)19-9-13-24(14-10-19)39-30(36)20-7-11-23(12-8-20)32-28(34)25-21-5-6-22(17-21)26(25)29(32)35/h5-14,21-22,25-27,37H,2-4,15-17H2,1H3/t21-,22+,25-,26+,27?. The highest BCUT2D eigenvalue weighted by Crippen LogP contribution is 2.53. The van der Waals surface area contributed by atoms with E-state index in [1.165, 1.54) is 11.8 Å². The van der Waals surface area contributed by atoms with Crippen molar-refractivity contribution >= 4 is 29.4 Å². The van der Waals surface area contributed by atoms with Gasteiger partial charge in [-0.2, -0.15) is 0 Å². The van der Waals surface area contributed by atoms with Gasteiger partial charge in [0.15, 0.2) is 6.10 Å². The number of carbonyl (C=O) groups is 4. The third-order valence-electron chi connectivity index (χ3n) is 8.72. The number of imide groups is 1. The Morgan fingerprint density at radius 3 is 2.05 bits per heavy atom. The average molecular weight is 530 g/mol. The Hall–Kier alpha value is -3.78. The van der Waals surface area contributed by atoms with Gasteiger partial charge in [-0.25, -0.2) is 4.79 Å². The second kappa shape index (κ2) is 9.75. The van der Waals surface area contributed by atoms with Crippen LogP contribution in [0.3, 0.4) is 0 Å². The Morgan fingerprint density at radius 2 is 1.49 bits per heavy atom. The van der Waals surface area contributed by atoms with Gasteiger partial charge in [-0.1, -0.05) is 43.5 Å². The van der Waals surface area contributed by atoms with Crippen molar-refractivity contribution in [1.29, 1.82) is 0 Å². The van der Waals surface area contributed by atoms with Crippen molar-refractivity contribution < 1.29 is 33.8 Å². The van der Waals surface area contributed by atoms with Crippen LogP contribution in [0.25, 0.3) is 0 Å². The molecule has 1 N–H and O–H groups in total. The van der Waals surface area contributed by atoms with Crippen molar-refractivity contribution in [3.63, 3.8) is 0 Å². The lowest BCUT2D eigenvalue weighted by molar-refractivity contribution is -0.168. The van der Waals surface area contributed by atoms with Crippen LogP contribution in [0.1, 0.15) is 67.5 Å². The summed E-state index contributed by atoms with van der Waals surface area (Å²) in [5.74, 6) is -1.37. The van der Waals surface area contributed by atoms with Crippen molar-refractivity contribution in [2.24, 2.45) is 23.7 Å². The van der Waals surface area contributed by atoms with E-state index in [1.807, 2.05) is 0 Å². The summed E-state index contributed by atoms with van der Waals surface area (Å²) >= 11 is 0. The summed E-state index contributed by atoms with van der Waals surface area (Å²) in [5.41, 5.74) is 0.235. The van der Waals surface area contributed by atoms with E-state index in [1.54, 1.807) is 48.5 Å². The molecule has 2 bridgehead atoms. The Labute approximate surface area is 226 Å². The number of rotatable bonds is 6. The molecule has 4 aliphatic rings. The van der Waals surface area contributed by atoms with Gasteiger partial charge in [0.05, 0.1) is 23.1 Å². The molecule has 0 radical (unpaired) electrons. The van der Waals surface area contributed by atoms with Crippen LogP contribution in [0.2, 0.25) is 0 Å². The van der Waals surface area contributed by atoms with Crippen LogP contribution in [0.15, 0.2) is 60.7 Å². The molecular weight excluding hydrogens is 498 g/mol. The number of amides is 2. The van der Waals surface area contributed by atoms with Gasteiger partial charge >= 0.3 is 11.9 Å². The summed E-state index contributed by atoms with van der Waals surface area (Å²) in [4.78, 5) is 51.9. The fourth-order valence-electron chi connectivity index (χ4n) is 6.86. The maximum absolute atomic E-state index is 13.0. The van der Waals surface area contributed by atoms with Crippen molar-refractivity contribution in [2.75, 3.05) is 4.90 Å². The number of ether oxygens (including phenoxy) is 2. The number of nitrogens with zero attached hydrogens (tertiary/aromatic N) is 1. The zero-order valence-corrected chi connectivity index (χ0v) is 21.7. The number of carbonyl (C=O) groups excluding carboxylic acids is 4. The Balaban J connectivity index is 1.13. The van der Waals surface area contributed by atoms with Gasteiger partial charge < -0.3 is 14.6 Å². The van der Waals surface area contributed by atoms with E-state index >= 15 is 0 Å². The van der Waals surface area contributed by atoms with Gasteiger partial charge in [-0.15, -0.1) is 0 Å². The molecule has 39 heavy (non-hydrogen) atoms. The van der Waals surface area contributed by atoms with Crippen LogP contribution in [0.5, 0.6) is 5.75 Å². The first-order valence-corrected chi connectivity index (χ1v) is 13.6. The minimum atomic E-state index is -1.13. The molecule has 8 nitrogen and oxygen atoms in total. The Morgan fingerprint density at radius 1 is 0.897 bits per heavy atom. The number of fused-ring (bicyclic) bond motifs is 5. The van der Waals surface area contributed by atoms with E-state index in [4.69, 9.17) is 9.47 Å². The molecule has 2 saturated carbocycles. The number of aliphatic hydroxyl groups is 1. The largest absolute Gasteiger partial charge is 0.455 e. The second-order valence-corrected chi connectivity index (χ2v) is 11.2. The van der Waals surface area contributed by atoms with Gasteiger partial charge in [0.25, 0.3) is 0 Å². The zero-order chi connectivity index (χ0) is 27.3. The van der Waals surface area contributed by atoms with Crippen LogP contribution in [0, 0.1) is 23.7 Å². The van der Waals surface area contributed by atoms with Crippen molar-refractivity contribution in [3.8, 4) is 5.75 Å². The summed E-state index contributed by atoms with van der Waals surface area (Å²) in [6.07, 6.45) is 8.05. The maximum Gasteiger partial charge on any atom is 0.343 e. The van der Waals surface area contributed by atoms with Crippen LogP contribution >= 0.6 is 0 Å². The molecule has 1 saturated heterocycles. The number of benzene rings is 2. The lowest BCUT2D eigenvalue weighted by atomic mass is 9.78. The van der Waals surface area contributed by atoms with Crippen LogP contribution in [-0.4, -0.2) is 34.5 Å². The number of anilines is 1. The van der Waals surface area contributed by atoms with E-state index in [0.29, 0.717) is 29.8 Å². The summed E-state index contributed by atoms with van der Waals surface area (Å²) in [6, 6.07) is 12.9. The van der Waals surface area contributed by atoms with E-state index in [9.17, 15) is 24.3 Å². The van der Waals surface area contributed by atoms with Crippen molar-refractivity contribution in [1.82, 2.24) is 0 Å². The van der Waals surface area contributed by atoms with Gasteiger partial charge in [-0.05, 0) is 73.1 Å². The topological polar surface area (TPSA) is 110 Å². The lowest BCUT2D eigenvalue weighted by Crippen LogP contribution is -2.40. The molecule has 1 unspecified atom stereocenters. The third-order valence-corrected chi connectivity index (χ3v) is 8.72. The molecule has 3 aliphatic carbocycles. The van der Waals surface area contributed by atoms with Crippen LogP contribution in [-0.2, 0) is 19.1 Å². The molecule has 2 aromatic rings. The van der Waals surface area contributed by atoms with E-state index in [-0.39, 0.29) is 41.0 Å². The molecule has 202 valence electrons. The number of allylic oxidation sites excluding steroid dienone is 2. The number of esters is 2. The molecule has 3 fully saturated rings. The Kier molecular flexibility index (Phi) is 6.38. The molecule has 2 aromatic carbocycles. The van der Waals surface area contributed by atoms with Gasteiger partial charge in [0, 0.05) is 6.92 Å². The minimum Gasteiger partial charge on any atom is -0.455 e. The smallest absolute Gasteiger partial charge is 0.343 e. The fraction of sp³-hybridized carbons (Fsp3) is 0.419. The predicted molar refractivity (Wildman–Crippen MR) is 141 cm³/mol. The monoisotopic (exact) mass is 529 g/mol. The van der Waals surface area contributed by atoms with Gasteiger partial charge in [0.2, 0.25) is 11.8 Å². The fourth-order valence-corrected chi connectivity index (χ4v) is 6.86. The highest BCUT2D eigenvalue weighted by molar-refractivity contribution is 6.22. The highest BCUT2D eigenvalue weighted by atomic mass is 16.6. The molecule has 6 rings (SSSR count). The number of hydrogen-bond acceptors (Lipinski definition) is 7. The van der Waals surface area contributed by atoms with Crippen molar-refractivity contribution in [3.05, 3.63) is 71.8 Å². The molecular formula is C31H31NO7. The molecule has 0 spiro atoms. The number of hydrogen-bond donors (Lipinski definition) is 1. The molecule has 5 atom stereocenters. The molecule has 8 heteroatoms. The van der Waals surface area contributed by atoms with E-state index in [2.05, 4.69) is 12.2 Å². The first-order valence-electron chi connectivity index (χ1n) is 13.6. The van der Waals surface area contributed by atoms with Crippen LogP contribution < -0.4 is 9.64 Å². The normalized spacial score (nSPS) is 27.4. The molecule has 1 aliphatic heterocycles. The summed E-state index contributed by atoms with van der Waals surface area (Å²) in [5, 5.41) is 11.2. The van der Waals surface area contributed by atoms with Crippen molar-refractivity contribution in [2.45, 2.75) is 57.2 Å². The molecule has 0 aromatic heterocycles. The first-order chi connectivity index (χ1) is 18.7. The van der Waals surface area contributed by atoms with Crippen LogP contribution in [0.4, 0.5) is 5.69 Å². The van der Waals surface area contributed by atoms with E-state index < -0.39 is 23.6 Å². The zero-order valence-electron chi connectivity index (χ0n) is 21.7. The summed E-state index contributed by atoms with van der Waals surface area (Å²) in [7, 11) is 0. The van der Waals surface area contributed by atoms with Gasteiger partial charge in [-0.3, -0.25) is 19.3 Å². The second-order valence-electron chi connectivity index (χ2n) is 11.2. The average Bonchev–Trinajstić information content (AvgIpc) is 3.62. The minimum absolute atomic E-state index is 0.136. The summed E-state index contributed by atoms with van der Waals surface area (Å²) in [6.45, 7) is 1.32. The Bertz CT molecular complexity index is 1310. The summed E-state index contributed by atoms with van der Waals surface area (Å²) < 4.78 is 11.1. The quantitative estimate of drug-likeness (QED) is 0.254. The highest BCUT2D eigenvalue weighted by Gasteiger charge is 2.59. The van der Waals surface area contributed by atoms with E-state index in [0.717, 1.165) is 25.7 Å². The first kappa shape index (κ1) is 25.5. The molecule has 2 amide bonds. The maximum atomic E-state index is 13.0. The predicted octanol–water partition coefficient (Wildman–Crippen LogP) is 4.52. The SMILES string of the molecule is CC(=O)OC(c1ccc(OC(=O)c2ccc(N3C(=O)[C@@H]4[C@H](C3=O)[C@@H]3C=C[C@H]4C3)cc2)cc1)C1(O)CCCCC1. The van der Waals surface area contributed by atoms with Gasteiger partial charge in [0.1, 0.15) is 11.4 Å². The lowest BCUT2D eigenvalue weighted by Gasteiger charge is -2.38. The molecule has 1 heterocycles. The third kappa shape index (κ3) is 4.46.